The predicted octanol–water partition coefficient (Wildman–Crippen LogP) is 1.08. The first-order chi connectivity index (χ1) is 9.20. The van der Waals surface area contributed by atoms with Crippen molar-refractivity contribution < 1.29 is 4.79 Å². The molecule has 19 heavy (non-hydrogen) atoms. The minimum absolute atomic E-state index is 0.0857. The van der Waals surface area contributed by atoms with Gasteiger partial charge in [-0.05, 0) is 32.0 Å². The molecule has 0 saturated carbocycles. The van der Waals surface area contributed by atoms with Crippen LogP contribution in [0.2, 0.25) is 0 Å². The average Bonchev–Trinajstić information content (AvgIpc) is 2.64. The highest BCUT2D eigenvalue weighted by molar-refractivity contribution is 5.81. The Morgan fingerprint density at radius 3 is 3.05 bits per heavy atom. The number of carbonyl (C=O) groups excluding carboxylic acids is 1. The number of nitrogens with zero attached hydrogens (tertiary/aromatic N) is 2. The van der Waals surface area contributed by atoms with Crippen molar-refractivity contribution in [3.8, 4) is 0 Å². The maximum Gasteiger partial charge on any atom is 0.239 e. The molecule has 2 N–H and O–H groups in total. The molecule has 2 rings (SSSR count). The van der Waals surface area contributed by atoms with Crippen molar-refractivity contribution in [3.05, 3.63) is 24.0 Å². The van der Waals surface area contributed by atoms with Crippen molar-refractivity contribution in [2.24, 2.45) is 0 Å². The zero-order valence-electron chi connectivity index (χ0n) is 11.6. The van der Waals surface area contributed by atoms with Crippen LogP contribution in [0.5, 0.6) is 0 Å². The largest absolute Gasteiger partial charge is 0.361 e. The number of amides is 1. The molecule has 0 aliphatic carbocycles. The number of anilines is 1. The molecule has 0 bridgehead atoms. The molecule has 2 heterocycles. The molecular formula is C14H22N4O. The van der Waals surface area contributed by atoms with Gasteiger partial charge in [0.05, 0.1) is 24.1 Å². The molecule has 1 unspecified atom stereocenters. The van der Waals surface area contributed by atoms with Crippen LogP contribution in [0.25, 0.3) is 0 Å². The van der Waals surface area contributed by atoms with Crippen molar-refractivity contribution in [1.82, 2.24) is 15.6 Å². The molecule has 1 aliphatic rings. The molecule has 1 amide bonds. The Kier molecular flexibility index (Phi) is 4.74. The van der Waals surface area contributed by atoms with Crippen molar-refractivity contribution in [1.29, 1.82) is 0 Å². The lowest BCUT2D eigenvalue weighted by atomic mass is 10.2. The van der Waals surface area contributed by atoms with Crippen LogP contribution in [0.4, 0.5) is 5.69 Å². The molecule has 5 nitrogen and oxygen atoms in total. The molecule has 5 heteroatoms. The normalized spacial score (nSPS) is 17.8. The first-order valence-corrected chi connectivity index (χ1v) is 6.91. The van der Waals surface area contributed by atoms with E-state index in [1.54, 1.807) is 0 Å². The van der Waals surface area contributed by atoms with Crippen molar-refractivity contribution >= 4 is 11.6 Å². The summed E-state index contributed by atoms with van der Waals surface area (Å²) in [6.07, 6.45) is 2.84. The highest BCUT2D eigenvalue weighted by Crippen LogP contribution is 2.17. The number of nitrogens with one attached hydrogen (secondary N) is 2. The molecule has 1 aliphatic heterocycles. The highest BCUT2D eigenvalue weighted by atomic mass is 16.2. The van der Waals surface area contributed by atoms with E-state index < -0.39 is 0 Å². The van der Waals surface area contributed by atoms with Gasteiger partial charge in [0.25, 0.3) is 0 Å². The average molecular weight is 262 g/mol. The standard InChI is InChI=1S/C14H22N4O/c1-3-15-11(2)13-6-5-12(9-17-13)18-8-4-7-16-14(19)10-18/h5-6,9,11,15H,3-4,7-8,10H2,1-2H3,(H,16,19). The SMILES string of the molecule is CCNC(C)c1ccc(N2CCCNC(=O)C2)cn1. The zero-order valence-corrected chi connectivity index (χ0v) is 11.6. The fraction of sp³-hybridized carbons (Fsp3) is 0.571. The van der Waals surface area contributed by atoms with E-state index in [1.807, 2.05) is 12.3 Å². The topological polar surface area (TPSA) is 57.3 Å². The van der Waals surface area contributed by atoms with E-state index in [2.05, 4.69) is 40.4 Å². The third kappa shape index (κ3) is 3.67. The summed E-state index contributed by atoms with van der Waals surface area (Å²) in [5, 5.41) is 6.22. The maximum atomic E-state index is 11.5. The third-order valence-electron chi connectivity index (χ3n) is 3.35. The molecule has 0 radical (unpaired) electrons. The highest BCUT2D eigenvalue weighted by Gasteiger charge is 2.15. The number of rotatable bonds is 4. The summed E-state index contributed by atoms with van der Waals surface area (Å²) in [5.74, 6) is 0.0857. The number of pyridine rings is 1. The smallest absolute Gasteiger partial charge is 0.239 e. The van der Waals surface area contributed by atoms with Gasteiger partial charge in [0.1, 0.15) is 0 Å². The Balaban J connectivity index is 2.06. The third-order valence-corrected chi connectivity index (χ3v) is 3.35. The van der Waals surface area contributed by atoms with Crippen molar-refractivity contribution in [2.75, 3.05) is 31.1 Å². The summed E-state index contributed by atoms with van der Waals surface area (Å²) in [6, 6.07) is 4.34. The van der Waals surface area contributed by atoms with Gasteiger partial charge >= 0.3 is 0 Å². The fourth-order valence-corrected chi connectivity index (χ4v) is 2.28. The first-order valence-electron chi connectivity index (χ1n) is 6.91. The van der Waals surface area contributed by atoms with Gasteiger partial charge in [0.2, 0.25) is 5.91 Å². The monoisotopic (exact) mass is 262 g/mol. The van der Waals surface area contributed by atoms with Crippen molar-refractivity contribution in [3.63, 3.8) is 0 Å². The summed E-state index contributed by atoms with van der Waals surface area (Å²) < 4.78 is 0. The summed E-state index contributed by atoms with van der Waals surface area (Å²) in [5.41, 5.74) is 2.05. The van der Waals surface area contributed by atoms with Crippen LogP contribution in [0.15, 0.2) is 18.3 Å². The second-order valence-corrected chi connectivity index (χ2v) is 4.85. The summed E-state index contributed by atoms with van der Waals surface area (Å²) in [7, 11) is 0. The molecule has 1 saturated heterocycles. The maximum absolute atomic E-state index is 11.5. The number of hydrogen-bond acceptors (Lipinski definition) is 4. The van der Waals surface area contributed by atoms with Gasteiger partial charge in [-0.2, -0.15) is 0 Å². The van der Waals surface area contributed by atoms with Gasteiger partial charge < -0.3 is 15.5 Å². The van der Waals surface area contributed by atoms with E-state index in [9.17, 15) is 4.79 Å². The van der Waals surface area contributed by atoms with Gasteiger partial charge in [0.15, 0.2) is 0 Å². The van der Waals surface area contributed by atoms with Crippen LogP contribution >= 0.6 is 0 Å². The van der Waals surface area contributed by atoms with Gasteiger partial charge in [-0.25, -0.2) is 0 Å². The molecule has 1 aromatic heterocycles. The van der Waals surface area contributed by atoms with Crippen LogP contribution < -0.4 is 15.5 Å². The Labute approximate surface area is 114 Å². The Hall–Kier alpha value is -1.62. The Morgan fingerprint density at radius 1 is 1.53 bits per heavy atom. The molecule has 0 aromatic carbocycles. The Morgan fingerprint density at radius 2 is 2.37 bits per heavy atom. The summed E-state index contributed by atoms with van der Waals surface area (Å²) in [6.45, 7) is 7.19. The van der Waals surface area contributed by atoms with E-state index >= 15 is 0 Å². The second kappa shape index (κ2) is 6.52. The molecule has 1 aromatic rings. The van der Waals surface area contributed by atoms with E-state index in [4.69, 9.17) is 0 Å². The molecule has 104 valence electrons. The molecule has 0 spiro atoms. The zero-order chi connectivity index (χ0) is 13.7. The van der Waals surface area contributed by atoms with Crippen LogP contribution in [0.1, 0.15) is 32.0 Å². The first kappa shape index (κ1) is 13.8. The van der Waals surface area contributed by atoms with Crippen LogP contribution in [0.3, 0.4) is 0 Å². The number of carbonyl (C=O) groups is 1. The summed E-state index contributed by atoms with van der Waals surface area (Å²) in [4.78, 5) is 18.1. The predicted molar refractivity (Wildman–Crippen MR) is 76.2 cm³/mol. The summed E-state index contributed by atoms with van der Waals surface area (Å²) >= 11 is 0. The molecular weight excluding hydrogens is 240 g/mol. The minimum Gasteiger partial charge on any atom is -0.361 e. The van der Waals surface area contributed by atoms with Crippen molar-refractivity contribution in [2.45, 2.75) is 26.3 Å². The van der Waals surface area contributed by atoms with E-state index in [-0.39, 0.29) is 11.9 Å². The van der Waals surface area contributed by atoms with E-state index in [0.29, 0.717) is 6.54 Å². The second-order valence-electron chi connectivity index (χ2n) is 4.85. The van der Waals surface area contributed by atoms with E-state index in [0.717, 1.165) is 37.4 Å². The van der Waals surface area contributed by atoms with Crippen LogP contribution in [-0.4, -0.2) is 37.1 Å². The molecule has 1 fully saturated rings. The number of hydrogen-bond donors (Lipinski definition) is 2. The van der Waals surface area contributed by atoms with Gasteiger partial charge in [-0.1, -0.05) is 6.92 Å². The lowest BCUT2D eigenvalue weighted by Gasteiger charge is -2.21. The van der Waals surface area contributed by atoms with Gasteiger partial charge in [-0.3, -0.25) is 9.78 Å². The molecule has 1 atom stereocenters. The van der Waals surface area contributed by atoms with Gasteiger partial charge in [-0.15, -0.1) is 0 Å². The van der Waals surface area contributed by atoms with Crippen LogP contribution in [0, 0.1) is 0 Å². The lowest BCUT2D eigenvalue weighted by molar-refractivity contribution is -0.119. The quantitative estimate of drug-likeness (QED) is 0.852. The minimum atomic E-state index is 0.0857. The van der Waals surface area contributed by atoms with Gasteiger partial charge in [0, 0.05) is 19.1 Å². The number of aromatic nitrogens is 1. The Bertz CT molecular complexity index is 418. The van der Waals surface area contributed by atoms with Crippen LogP contribution in [-0.2, 0) is 4.79 Å². The lowest BCUT2D eigenvalue weighted by Crippen LogP contribution is -2.33. The fourth-order valence-electron chi connectivity index (χ4n) is 2.28. The van der Waals surface area contributed by atoms with E-state index in [1.165, 1.54) is 0 Å².